The molecule has 5 nitrogen and oxygen atoms in total. The van der Waals surface area contributed by atoms with E-state index in [0.29, 0.717) is 6.42 Å². The summed E-state index contributed by atoms with van der Waals surface area (Å²) in [5.74, 6) is 0.264. The molecule has 0 saturated heterocycles. The van der Waals surface area contributed by atoms with Gasteiger partial charge >= 0.3 is 25.7 Å². The molecule has 2 N–H and O–H groups in total. The summed E-state index contributed by atoms with van der Waals surface area (Å²) in [6, 6.07) is 0. The second-order valence-electron chi connectivity index (χ2n) is 2.93. The standard InChI is InChI=1S/C8H12NO2S.2O.Ti/c9-12(10,11)7-6-8-4-2-1-3-5-8;;;/h1-3,8H,4,6-7H2,(H2,9,10,11);;;/q-1;;;. The first kappa shape index (κ1) is 14.7. The van der Waals surface area contributed by atoms with Crippen LogP contribution < -0.4 is 5.14 Å². The molecule has 0 radical (unpaired) electrons. The summed E-state index contributed by atoms with van der Waals surface area (Å²) in [5, 5.41) is 4.87. The van der Waals surface area contributed by atoms with E-state index in [4.69, 9.17) is 11.8 Å². The van der Waals surface area contributed by atoms with Crippen molar-refractivity contribution in [1.82, 2.24) is 0 Å². The maximum absolute atomic E-state index is 10.6. The Morgan fingerprint density at radius 3 is 2.47 bits per heavy atom. The topological polar surface area (TPSA) is 94.3 Å². The number of hydrogen-bond donors (Lipinski definition) is 1. The van der Waals surface area contributed by atoms with Crippen LogP contribution in [0.5, 0.6) is 0 Å². The van der Waals surface area contributed by atoms with E-state index in [0.717, 1.165) is 6.42 Å². The zero-order chi connectivity index (χ0) is 11.7. The van der Waals surface area contributed by atoms with Crippen molar-refractivity contribution in [3.05, 3.63) is 24.3 Å². The number of nitrogens with two attached hydrogens (primary N) is 1. The third-order valence-corrected chi connectivity index (χ3v) is 2.54. The third-order valence-electron chi connectivity index (χ3n) is 1.74. The summed E-state index contributed by atoms with van der Waals surface area (Å²) in [7, 11) is -3.30. The van der Waals surface area contributed by atoms with Crippen LogP contribution in [0, 0.1) is 12.0 Å². The van der Waals surface area contributed by atoms with E-state index in [9.17, 15) is 8.42 Å². The molecule has 0 heterocycles. The molecule has 84 valence electrons. The molecule has 1 unspecified atom stereocenters. The Bertz CT molecular complexity index is 368. The van der Waals surface area contributed by atoms with Crippen molar-refractivity contribution in [2.45, 2.75) is 12.8 Å². The Balaban J connectivity index is 0.000000583. The number of rotatable bonds is 3. The average Bonchev–Trinajstić information content (AvgIpc) is 2.17. The van der Waals surface area contributed by atoms with E-state index < -0.39 is 29.1 Å². The average molecular weight is 266 g/mol. The molecule has 0 fully saturated rings. The fourth-order valence-corrected chi connectivity index (χ4v) is 1.69. The minimum atomic E-state index is -3.30. The maximum atomic E-state index is 10.6. The second kappa shape index (κ2) is 7.93. The Hall–Kier alpha value is -0.296. The predicted molar refractivity (Wildman–Crippen MR) is 49.0 cm³/mol. The van der Waals surface area contributed by atoms with Crippen LogP contribution in [0.4, 0.5) is 0 Å². The van der Waals surface area contributed by atoms with Gasteiger partial charge in [0, 0.05) is 0 Å². The van der Waals surface area contributed by atoms with Gasteiger partial charge in [-0.1, -0.05) is 12.3 Å². The van der Waals surface area contributed by atoms with E-state index in [2.05, 4.69) is 6.08 Å². The summed E-state index contributed by atoms with van der Waals surface area (Å²) in [6.07, 6.45) is 10.2. The molecule has 0 saturated carbocycles. The van der Waals surface area contributed by atoms with E-state index in [1.54, 1.807) is 0 Å². The van der Waals surface area contributed by atoms with Gasteiger partial charge in [-0.15, -0.1) is 0 Å². The molecule has 1 aliphatic rings. The van der Waals surface area contributed by atoms with Gasteiger partial charge in [0.2, 0.25) is 10.0 Å². The van der Waals surface area contributed by atoms with Crippen molar-refractivity contribution in [2.75, 3.05) is 5.75 Å². The molecule has 0 spiro atoms. The third kappa shape index (κ3) is 10.00. The normalized spacial score (nSPS) is 18.9. The Kier molecular flexibility index (Phi) is 7.77. The van der Waals surface area contributed by atoms with Crippen molar-refractivity contribution in [1.29, 1.82) is 0 Å². The van der Waals surface area contributed by atoms with Crippen molar-refractivity contribution < 1.29 is 34.2 Å². The van der Waals surface area contributed by atoms with E-state index in [1.165, 1.54) is 0 Å². The fourth-order valence-electron chi connectivity index (χ4n) is 1.08. The van der Waals surface area contributed by atoms with Crippen LogP contribution in [-0.2, 0) is 35.8 Å². The van der Waals surface area contributed by atoms with Crippen LogP contribution >= 0.6 is 0 Å². The predicted octanol–water partition coefficient (Wildman–Crippen LogP) is 0.360. The number of allylic oxidation sites excluding steroid dienone is 4. The van der Waals surface area contributed by atoms with Gasteiger partial charge in [-0.2, -0.15) is 6.08 Å². The molecule has 1 atom stereocenters. The second-order valence-corrected chi connectivity index (χ2v) is 4.93. The Morgan fingerprint density at radius 2 is 2.07 bits per heavy atom. The molecule has 0 bridgehead atoms. The first-order valence-electron chi connectivity index (χ1n) is 4.23. The quantitative estimate of drug-likeness (QED) is 0.589. The van der Waals surface area contributed by atoms with Crippen LogP contribution in [0.15, 0.2) is 18.2 Å². The number of sulfonamides is 1. The molecule has 1 rings (SSSR count). The molecule has 15 heavy (non-hydrogen) atoms. The van der Waals surface area contributed by atoms with E-state index in [-0.39, 0.29) is 11.7 Å². The summed E-state index contributed by atoms with van der Waals surface area (Å²) >= 11 is -2.00. The molecule has 0 amide bonds. The van der Waals surface area contributed by atoms with Gasteiger partial charge in [0.05, 0.1) is 5.75 Å². The first-order valence-corrected chi connectivity index (χ1v) is 7.23. The SMILES string of the molecule is NS(=O)(=O)CCC1[C-]=CC=CC1.[O]=[Ti]=[O]. The molecule has 0 aliphatic heterocycles. The van der Waals surface area contributed by atoms with Crippen LogP contribution in [0.25, 0.3) is 0 Å². The van der Waals surface area contributed by atoms with E-state index in [1.807, 2.05) is 18.2 Å². The molecular formula is C8H12NO4STi-. The summed E-state index contributed by atoms with van der Waals surface area (Å²) in [4.78, 5) is 0. The van der Waals surface area contributed by atoms with Gasteiger partial charge in [0.1, 0.15) is 0 Å². The summed E-state index contributed by atoms with van der Waals surface area (Å²) in [5.41, 5.74) is 0. The molecule has 0 aromatic carbocycles. The van der Waals surface area contributed by atoms with Crippen molar-refractivity contribution in [3.8, 4) is 0 Å². The molecule has 1 aliphatic carbocycles. The fraction of sp³-hybridized carbons (Fsp3) is 0.500. The Labute approximate surface area is 98.0 Å². The van der Waals surface area contributed by atoms with Gasteiger partial charge in [0.15, 0.2) is 0 Å². The summed E-state index contributed by atoms with van der Waals surface area (Å²) in [6.45, 7) is 0. The van der Waals surface area contributed by atoms with Crippen LogP contribution in [0.3, 0.4) is 0 Å². The van der Waals surface area contributed by atoms with Gasteiger partial charge in [-0.05, 0) is 6.42 Å². The van der Waals surface area contributed by atoms with Gasteiger partial charge in [-0.25, -0.2) is 25.7 Å². The van der Waals surface area contributed by atoms with Gasteiger partial charge in [0.25, 0.3) is 0 Å². The van der Waals surface area contributed by atoms with E-state index >= 15 is 0 Å². The number of hydrogen-bond acceptors (Lipinski definition) is 4. The van der Waals surface area contributed by atoms with Gasteiger partial charge < -0.3 is 0 Å². The molecule has 0 aromatic rings. The van der Waals surface area contributed by atoms with Crippen LogP contribution in [-0.4, -0.2) is 14.2 Å². The number of primary sulfonamides is 1. The van der Waals surface area contributed by atoms with Crippen LogP contribution in [0.2, 0.25) is 0 Å². The Morgan fingerprint density at radius 1 is 1.47 bits per heavy atom. The zero-order valence-electron chi connectivity index (χ0n) is 8.05. The molecular weight excluding hydrogens is 254 g/mol. The summed E-state index contributed by atoms with van der Waals surface area (Å²) < 4.78 is 38.2. The van der Waals surface area contributed by atoms with Crippen molar-refractivity contribution in [2.24, 2.45) is 11.1 Å². The van der Waals surface area contributed by atoms with Gasteiger partial charge in [-0.3, -0.25) is 6.08 Å². The monoisotopic (exact) mass is 266 g/mol. The zero-order valence-corrected chi connectivity index (χ0v) is 10.4. The molecule has 0 aromatic heterocycles. The van der Waals surface area contributed by atoms with Crippen molar-refractivity contribution >= 4 is 10.0 Å². The minimum absolute atomic E-state index is 0.0480. The first-order chi connectivity index (χ1) is 6.99. The van der Waals surface area contributed by atoms with Crippen molar-refractivity contribution in [3.63, 3.8) is 0 Å². The molecule has 7 heteroatoms. The van der Waals surface area contributed by atoms with Crippen LogP contribution in [0.1, 0.15) is 12.8 Å².